The predicted octanol–water partition coefficient (Wildman–Crippen LogP) is 8.97. The van der Waals surface area contributed by atoms with Gasteiger partial charge in [-0.1, -0.05) is 28.1 Å². The Labute approximate surface area is 242 Å². The maximum atomic E-state index is 9.92. The Kier molecular flexibility index (Phi) is 7.64. The van der Waals surface area contributed by atoms with E-state index in [2.05, 4.69) is 72.2 Å². The van der Waals surface area contributed by atoms with E-state index in [0.717, 1.165) is 28.5 Å². The van der Waals surface area contributed by atoms with Crippen LogP contribution in [0.25, 0.3) is 22.8 Å². The van der Waals surface area contributed by atoms with Gasteiger partial charge in [0.15, 0.2) is 11.5 Å². The first-order valence-electron chi connectivity index (χ1n) is 10.6. The summed E-state index contributed by atoms with van der Waals surface area (Å²) in [7, 11) is 0. The first kappa shape index (κ1) is 24.9. The molecule has 0 aliphatic carbocycles. The van der Waals surface area contributed by atoms with Crippen LogP contribution in [0, 0.1) is 18.5 Å². The molecule has 6 nitrogen and oxygen atoms in total. The number of benzene rings is 2. The number of hydrogen-bond acceptors (Lipinski definition) is 6. The minimum atomic E-state index is 0.177. The fourth-order valence-electron chi connectivity index (χ4n) is 3.51. The van der Waals surface area contributed by atoms with Gasteiger partial charge in [-0.05, 0) is 105 Å². The lowest BCUT2D eigenvalue weighted by Gasteiger charge is -2.11. The lowest BCUT2D eigenvalue weighted by molar-refractivity contribution is 0.301. The van der Waals surface area contributed by atoms with Crippen LogP contribution in [0.4, 0.5) is 5.88 Å². The average Bonchev–Trinajstić information content (AvgIpc) is 3.64. The minimum absolute atomic E-state index is 0.177. The molecule has 3 heterocycles. The molecule has 0 bridgehead atoms. The molecular weight excluding hydrogens is 750 g/mol. The van der Waals surface area contributed by atoms with E-state index in [9.17, 15) is 5.26 Å². The summed E-state index contributed by atoms with van der Waals surface area (Å²) < 4.78 is 26.1. The van der Waals surface area contributed by atoms with Crippen LogP contribution in [-0.2, 0) is 6.61 Å². The van der Waals surface area contributed by atoms with E-state index in [4.69, 9.17) is 18.0 Å². The third kappa shape index (κ3) is 5.30. The summed E-state index contributed by atoms with van der Waals surface area (Å²) in [5.74, 6) is 2.36. The van der Waals surface area contributed by atoms with Crippen molar-refractivity contribution in [3.8, 4) is 34.7 Å². The standard InChI is InChI=1S/C27H15BrI2N2O4/c28-18-7-5-16(6-8-18)15-35-25-20(29)11-17(12-21(25)30)14-32-27-19(13-31)24(22-3-1-9-33-22)26(36-27)23-4-2-10-34-23/h1-12,14H,15H2. The van der Waals surface area contributed by atoms with Crippen molar-refractivity contribution in [2.75, 3.05) is 0 Å². The molecule has 36 heavy (non-hydrogen) atoms. The van der Waals surface area contributed by atoms with E-state index in [0.29, 0.717) is 29.5 Å². The van der Waals surface area contributed by atoms with E-state index < -0.39 is 0 Å². The number of nitrogens with zero attached hydrogens (tertiary/aromatic N) is 2. The molecule has 0 fully saturated rings. The third-order valence-electron chi connectivity index (χ3n) is 5.16. The second-order valence-corrected chi connectivity index (χ2v) is 10.8. The Bertz CT molecular complexity index is 1540. The van der Waals surface area contributed by atoms with Gasteiger partial charge in [-0.25, -0.2) is 4.99 Å². The van der Waals surface area contributed by atoms with Crippen molar-refractivity contribution in [3.63, 3.8) is 0 Å². The van der Waals surface area contributed by atoms with Crippen LogP contribution in [0.15, 0.2) is 95.9 Å². The predicted molar refractivity (Wildman–Crippen MR) is 156 cm³/mol. The van der Waals surface area contributed by atoms with Gasteiger partial charge < -0.3 is 18.0 Å². The van der Waals surface area contributed by atoms with Gasteiger partial charge in [-0.3, -0.25) is 0 Å². The van der Waals surface area contributed by atoms with Crippen molar-refractivity contribution in [2.45, 2.75) is 6.61 Å². The van der Waals surface area contributed by atoms with Gasteiger partial charge in [0, 0.05) is 10.7 Å². The molecular formula is C27H15BrI2N2O4. The number of hydrogen-bond donors (Lipinski definition) is 0. The van der Waals surface area contributed by atoms with Gasteiger partial charge in [-0.15, -0.1) is 0 Å². The van der Waals surface area contributed by atoms with Gasteiger partial charge in [0.25, 0.3) is 0 Å². The average molecular weight is 765 g/mol. The molecule has 0 unspecified atom stereocenters. The van der Waals surface area contributed by atoms with Gasteiger partial charge in [0.05, 0.1) is 25.2 Å². The highest BCUT2D eigenvalue weighted by atomic mass is 127. The summed E-state index contributed by atoms with van der Waals surface area (Å²) in [5.41, 5.74) is 2.70. The lowest BCUT2D eigenvalue weighted by atomic mass is 10.1. The summed E-state index contributed by atoms with van der Waals surface area (Å²) in [6.07, 6.45) is 4.76. The van der Waals surface area contributed by atoms with E-state index >= 15 is 0 Å². The molecule has 178 valence electrons. The summed E-state index contributed by atoms with van der Waals surface area (Å²) in [6.45, 7) is 0.468. The molecule has 5 aromatic rings. The molecule has 0 N–H and O–H groups in total. The summed E-state index contributed by atoms with van der Waals surface area (Å²) >= 11 is 7.95. The number of nitriles is 1. The van der Waals surface area contributed by atoms with Crippen LogP contribution in [0.2, 0.25) is 0 Å². The van der Waals surface area contributed by atoms with Crippen LogP contribution < -0.4 is 4.74 Å². The summed E-state index contributed by atoms with van der Waals surface area (Å²) in [5, 5.41) is 9.92. The molecule has 0 saturated carbocycles. The van der Waals surface area contributed by atoms with Crippen molar-refractivity contribution >= 4 is 73.2 Å². The highest BCUT2D eigenvalue weighted by Crippen LogP contribution is 2.43. The minimum Gasteiger partial charge on any atom is -0.487 e. The van der Waals surface area contributed by atoms with Gasteiger partial charge in [0.1, 0.15) is 29.7 Å². The number of furan rings is 3. The summed E-state index contributed by atoms with van der Waals surface area (Å²) in [6, 6.07) is 21.2. The maximum Gasteiger partial charge on any atom is 0.238 e. The van der Waals surface area contributed by atoms with Crippen LogP contribution in [-0.4, -0.2) is 6.21 Å². The normalized spacial score (nSPS) is 11.2. The molecule has 0 saturated heterocycles. The Balaban J connectivity index is 1.44. The van der Waals surface area contributed by atoms with Crippen molar-refractivity contribution in [3.05, 3.63) is 101 Å². The van der Waals surface area contributed by atoms with E-state index in [1.165, 1.54) is 0 Å². The molecule has 2 aromatic carbocycles. The molecule has 5 rings (SSSR count). The van der Waals surface area contributed by atoms with Crippen molar-refractivity contribution < 1.29 is 18.0 Å². The van der Waals surface area contributed by atoms with E-state index in [1.807, 2.05) is 36.4 Å². The van der Waals surface area contributed by atoms with Crippen molar-refractivity contribution in [2.24, 2.45) is 4.99 Å². The zero-order valence-electron chi connectivity index (χ0n) is 18.4. The Morgan fingerprint density at radius 2 is 1.64 bits per heavy atom. The fraction of sp³-hybridized carbons (Fsp3) is 0.0370. The molecule has 0 atom stereocenters. The largest absolute Gasteiger partial charge is 0.487 e. The topological polar surface area (TPSA) is 84.8 Å². The molecule has 0 spiro atoms. The molecule has 0 aliphatic rings. The number of rotatable bonds is 7. The lowest BCUT2D eigenvalue weighted by Crippen LogP contribution is -2.00. The fourth-order valence-corrected chi connectivity index (χ4v) is 5.90. The van der Waals surface area contributed by atoms with Crippen LogP contribution >= 0.6 is 61.1 Å². The maximum absolute atomic E-state index is 9.92. The number of aliphatic imine (C=N–C) groups is 1. The zero-order valence-corrected chi connectivity index (χ0v) is 24.3. The number of halogens is 3. The molecule has 9 heteroatoms. The van der Waals surface area contributed by atoms with E-state index in [-0.39, 0.29) is 11.4 Å². The van der Waals surface area contributed by atoms with Crippen molar-refractivity contribution in [1.82, 2.24) is 0 Å². The van der Waals surface area contributed by atoms with Crippen LogP contribution in [0.1, 0.15) is 16.7 Å². The van der Waals surface area contributed by atoms with E-state index in [1.54, 1.807) is 43.0 Å². The van der Waals surface area contributed by atoms with Gasteiger partial charge in [-0.2, -0.15) is 5.26 Å². The Hall–Kier alpha value is -2.82. The van der Waals surface area contributed by atoms with Crippen molar-refractivity contribution in [1.29, 1.82) is 5.26 Å². The summed E-state index contributed by atoms with van der Waals surface area (Å²) in [4.78, 5) is 4.51. The Morgan fingerprint density at radius 3 is 2.25 bits per heavy atom. The second-order valence-electron chi connectivity index (χ2n) is 7.54. The highest BCUT2D eigenvalue weighted by molar-refractivity contribution is 14.1. The SMILES string of the molecule is N#Cc1c(N=Cc2cc(I)c(OCc3ccc(Br)cc3)c(I)c2)oc(-c2ccco2)c1-c1ccco1. The molecule has 3 aromatic heterocycles. The van der Waals surface area contributed by atoms with Crippen LogP contribution in [0.5, 0.6) is 5.75 Å². The third-order valence-corrected chi connectivity index (χ3v) is 7.29. The zero-order chi connectivity index (χ0) is 25.1. The smallest absolute Gasteiger partial charge is 0.238 e. The highest BCUT2D eigenvalue weighted by Gasteiger charge is 2.26. The molecule has 0 radical (unpaired) electrons. The monoisotopic (exact) mass is 764 g/mol. The number of ether oxygens (including phenoxy) is 1. The van der Waals surface area contributed by atoms with Gasteiger partial charge in [0.2, 0.25) is 5.88 Å². The van der Waals surface area contributed by atoms with Gasteiger partial charge >= 0.3 is 0 Å². The first-order valence-corrected chi connectivity index (χ1v) is 13.5. The Morgan fingerprint density at radius 1 is 0.972 bits per heavy atom. The second kappa shape index (κ2) is 11.1. The first-order chi connectivity index (χ1) is 17.5. The van der Waals surface area contributed by atoms with Crippen LogP contribution in [0.3, 0.4) is 0 Å². The molecule has 0 aliphatic heterocycles. The molecule has 0 amide bonds. The quantitative estimate of drug-likeness (QED) is 0.122.